The molecule has 28 heavy (non-hydrogen) atoms. The number of hydrogen-bond acceptors (Lipinski definition) is 5. The minimum Gasteiger partial charge on any atom is -0.508 e. The van der Waals surface area contributed by atoms with Crippen LogP contribution in [0.15, 0.2) is 41.5 Å². The zero-order chi connectivity index (χ0) is 20.7. The van der Waals surface area contributed by atoms with Crippen molar-refractivity contribution >= 4 is 11.6 Å². The summed E-state index contributed by atoms with van der Waals surface area (Å²) in [6.45, 7) is 8.11. The Hall–Kier alpha value is -2.86. The van der Waals surface area contributed by atoms with E-state index in [2.05, 4.69) is 24.4 Å². The quantitative estimate of drug-likeness (QED) is 0.534. The number of nitrogens with zero attached hydrogens (tertiary/aromatic N) is 1. The smallest absolute Gasteiger partial charge is 0.277 e. The third kappa shape index (κ3) is 5.82. The van der Waals surface area contributed by atoms with Crippen molar-refractivity contribution in [2.45, 2.75) is 40.2 Å². The first kappa shape index (κ1) is 21.4. The van der Waals surface area contributed by atoms with E-state index in [1.54, 1.807) is 32.2 Å². The number of methoxy groups -OCH3 is 1. The fourth-order valence-electron chi connectivity index (χ4n) is 2.71. The van der Waals surface area contributed by atoms with Crippen LogP contribution in [0.25, 0.3) is 0 Å². The largest absolute Gasteiger partial charge is 0.508 e. The molecule has 0 aliphatic carbocycles. The number of aryl methyl sites for hydroxylation is 1. The van der Waals surface area contributed by atoms with E-state index in [1.165, 1.54) is 0 Å². The van der Waals surface area contributed by atoms with Crippen LogP contribution in [0.2, 0.25) is 0 Å². The molecule has 2 aromatic carbocycles. The van der Waals surface area contributed by atoms with Crippen LogP contribution in [0.3, 0.4) is 0 Å². The zero-order valence-corrected chi connectivity index (χ0v) is 17.1. The van der Waals surface area contributed by atoms with Gasteiger partial charge in [-0.3, -0.25) is 4.79 Å². The second kappa shape index (κ2) is 9.90. The van der Waals surface area contributed by atoms with Gasteiger partial charge in [-0.2, -0.15) is 5.10 Å². The van der Waals surface area contributed by atoms with Gasteiger partial charge in [0, 0.05) is 12.7 Å². The second-order valence-corrected chi connectivity index (χ2v) is 6.99. The van der Waals surface area contributed by atoms with Crippen molar-refractivity contribution in [3.05, 3.63) is 58.7 Å². The molecule has 0 aliphatic rings. The van der Waals surface area contributed by atoms with E-state index in [4.69, 9.17) is 9.47 Å². The number of carbonyl (C=O) groups is 1. The maximum absolute atomic E-state index is 12.1. The number of phenolic OH excluding ortho intramolecular Hbond substituents is 1. The Morgan fingerprint density at radius 3 is 2.64 bits per heavy atom. The van der Waals surface area contributed by atoms with Gasteiger partial charge in [0.2, 0.25) is 0 Å². The average Bonchev–Trinajstić information content (AvgIpc) is 2.66. The summed E-state index contributed by atoms with van der Waals surface area (Å²) >= 11 is 0. The first-order valence-electron chi connectivity index (χ1n) is 9.19. The van der Waals surface area contributed by atoms with Crippen molar-refractivity contribution < 1.29 is 19.4 Å². The topological polar surface area (TPSA) is 80.2 Å². The highest BCUT2D eigenvalue weighted by Gasteiger charge is 2.10. The number of ether oxygens (including phenoxy) is 2. The number of benzene rings is 2. The van der Waals surface area contributed by atoms with Gasteiger partial charge in [-0.05, 0) is 60.7 Å². The molecule has 1 amide bonds. The molecule has 0 atom stereocenters. The minimum atomic E-state index is -0.341. The molecule has 2 N–H and O–H groups in total. The number of hydrazone groups is 1. The third-order valence-corrected chi connectivity index (χ3v) is 4.30. The summed E-state index contributed by atoms with van der Waals surface area (Å²) in [7, 11) is 1.56. The van der Waals surface area contributed by atoms with E-state index in [-0.39, 0.29) is 18.3 Å². The molecule has 0 bridgehead atoms. The molecule has 6 nitrogen and oxygen atoms in total. The van der Waals surface area contributed by atoms with Gasteiger partial charge in [0.25, 0.3) is 5.91 Å². The Balaban J connectivity index is 2.00. The monoisotopic (exact) mass is 384 g/mol. The molecule has 0 saturated carbocycles. The number of nitrogens with one attached hydrogen (secondary N) is 1. The molecular formula is C22H28N2O4. The van der Waals surface area contributed by atoms with Crippen LogP contribution in [0, 0.1) is 6.92 Å². The van der Waals surface area contributed by atoms with Gasteiger partial charge in [-0.1, -0.05) is 26.0 Å². The second-order valence-electron chi connectivity index (χ2n) is 6.99. The maximum Gasteiger partial charge on any atom is 0.277 e. The summed E-state index contributed by atoms with van der Waals surface area (Å²) in [5.74, 6) is 0.838. The van der Waals surface area contributed by atoms with Crippen LogP contribution in [-0.4, -0.2) is 30.4 Å². The first-order chi connectivity index (χ1) is 13.3. The summed E-state index contributed by atoms with van der Waals surface area (Å²) in [5.41, 5.74) is 6.71. The predicted molar refractivity (Wildman–Crippen MR) is 110 cm³/mol. The Morgan fingerprint density at radius 1 is 1.21 bits per heavy atom. The molecule has 2 rings (SSSR count). The summed E-state index contributed by atoms with van der Waals surface area (Å²) in [6, 6.07) is 11.1. The highest BCUT2D eigenvalue weighted by Crippen LogP contribution is 2.27. The van der Waals surface area contributed by atoms with E-state index in [0.29, 0.717) is 29.5 Å². The molecule has 6 heteroatoms. The minimum absolute atomic E-state index is 0.121. The molecule has 0 fully saturated rings. The van der Waals surface area contributed by atoms with Gasteiger partial charge in [-0.25, -0.2) is 5.43 Å². The maximum atomic E-state index is 12.1. The van der Waals surface area contributed by atoms with Crippen molar-refractivity contribution in [1.29, 1.82) is 0 Å². The van der Waals surface area contributed by atoms with Gasteiger partial charge in [0.15, 0.2) is 6.61 Å². The highest BCUT2D eigenvalue weighted by atomic mass is 16.5. The van der Waals surface area contributed by atoms with E-state index in [1.807, 2.05) is 25.1 Å². The van der Waals surface area contributed by atoms with Crippen molar-refractivity contribution in [2.24, 2.45) is 5.10 Å². The Kier molecular flexibility index (Phi) is 7.58. The lowest BCUT2D eigenvalue weighted by Gasteiger charge is -2.14. The van der Waals surface area contributed by atoms with Crippen molar-refractivity contribution in [3.63, 3.8) is 0 Å². The lowest BCUT2D eigenvalue weighted by Crippen LogP contribution is -2.26. The van der Waals surface area contributed by atoms with Crippen LogP contribution in [0.1, 0.15) is 48.9 Å². The van der Waals surface area contributed by atoms with Gasteiger partial charge in [0.1, 0.15) is 11.5 Å². The van der Waals surface area contributed by atoms with Gasteiger partial charge in [-0.15, -0.1) is 0 Å². The molecule has 0 unspecified atom stereocenters. The van der Waals surface area contributed by atoms with Crippen LogP contribution in [0.4, 0.5) is 0 Å². The van der Waals surface area contributed by atoms with Crippen molar-refractivity contribution in [3.8, 4) is 11.5 Å². The SMILES string of the molecule is COCc1cc(/C(C)=N/NC(=O)COc2cc(C)ccc2C(C)C)ccc1O. The van der Waals surface area contributed by atoms with Crippen molar-refractivity contribution in [1.82, 2.24) is 5.43 Å². The van der Waals surface area contributed by atoms with E-state index < -0.39 is 0 Å². The van der Waals surface area contributed by atoms with Gasteiger partial charge in [0.05, 0.1) is 12.3 Å². The molecule has 0 saturated heterocycles. The lowest BCUT2D eigenvalue weighted by atomic mass is 10.0. The Morgan fingerprint density at radius 2 is 1.96 bits per heavy atom. The first-order valence-corrected chi connectivity index (χ1v) is 9.19. The number of amides is 1. The zero-order valence-electron chi connectivity index (χ0n) is 17.1. The average molecular weight is 384 g/mol. The number of aromatic hydroxyl groups is 1. The highest BCUT2D eigenvalue weighted by molar-refractivity contribution is 5.99. The molecule has 0 aromatic heterocycles. The number of phenols is 1. The number of hydrogen-bond donors (Lipinski definition) is 2. The molecule has 2 aromatic rings. The van der Waals surface area contributed by atoms with Gasteiger partial charge >= 0.3 is 0 Å². The molecule has 0 aliphatic heterocycles. The van der Waals surface area contributed by atoms with Gasteiger partial charge < -0.3 is 14.6 Å². The predicted octanol–water partition coefficient (Wildman–Crippen LogP) is 3.89. The third-order valence-electron chi connectivity index (χ3n) is 4.30. The van der Waals surface area contributed by atoms with Crippen LogP contribution < -0.4 is 10.2 Å². The van der Waals surface area contributed by atoms with Crippen LogP contribution in [0.5, 0.6) is 11.5 Å². The standard InChI is InChI=1S/C22H28N2O4/c1-14(2)19-8-6-15(3)10-21(19)28-13-22(26)24-23-16(4)17-7-9-20(25)18(11-17)12-27-5/h6-11,14,25H,12-13H2,1-5H3,(H,24,26)/b23-16+. The summed E-state index contributed by atoms with van der Waals surface area (Å²) < 4.78 is 10.8. The van der Waals surface area contributed by atoms with Crippen LogP contribution in [-0.2, 0) is 16.1 Å². The normalized spacial score (nSPS) is 11.6. The Labute approximate surface area is 166 Å². The molecule has 0 radical (unpaired) electrons. The van der Waals surface area contributed by atoms with Crippen LogP contribution >= 0.6 is 0 Å². The fraction of sp³-hybridized carbons (Fsp3) is 0.364. The fourth-order valence-corrected chi connectivity index (χ4v) is 2.71. The van der Waals surface area contributed by atoms with E-state index in [0.717, 1.165) is 16.7 Å². The number of carbonyl (C=O) groups excluding carboxylic acids is 1. The lowest BCUT2D eigenvalue weighted by molar-refractivity contribution is -0.123. The Bertz CT molecular complexity index is 860. The van der Waals surface area contributed by atoms with E-state index >= 15 is 0 Å². The molecular weight excluding hydrogens is 356 g/mol. The molecule has 150 valence electrons. The van der Waals surface area contributed by atoms with Crippen molar-refractivity contribution in [2.75, 3.05) is 13.7 Å². The summed E-state index contributed by atoms with van der Waals surface area (Å²) in [6.07, 6.45) is 0. The number of rotatable bonds is 8. The summed E-state index contributed by atoms with van der Waals surface area (Å²) in [4.78, 5) is 12.1. The summed E-state index contributed by atoms with van der Waals surface area (Å²) in [5, 5.41) is 13.9. The molecule has 0 heterocycles. The van der Waals surface area contributed by atoms with E-state index in [9.17, 15) is 9.90 Å². The molecule has 0 spiro atoms.